The maximum Gasteiger partial charge on any atom is 0.317 e. The molecule has 104 valence electrons. The molecule has 18 heavy (non-hydrogen) atoms. The topological polar surface area (TPSA) is 69.6 Å². The first-order chi connectivity index (χ1) is 8.50. The van der Waals surface area contributed by atoms with Crippen molar-refractivity contribution in [3.05, 3.63) is 0 Å². The van der Waals surface area contributed by atoms with Gasteiger partial charge in [0.2, 0.25) is 0 Å². The maximum absolute atomic E-state index is 11.9. The molecule has 0 radical (unpaired) electrons. The second-order valence-corrected chi connectivity index (χ2v) is 5.34. The van der Waals surface area contributed by atoms with Crippen LogP contribution in [0.2, 0.25) is 0 Å². The molecule has 1 aliphatic rings. The van der Waals surface area contributed by atoms with Crippen LogP contribution in [0.5, 0.6) is 0 Å². The van der Waals surface area contributed by atoms with Crippen molar-refractivity contribution in [1.29, 1.82) is 0 Å². The van der Waals surface area contributed by atoms with Crippen LogP contribution in [0.3, 0.4) is 0 Å². The summed E-state index contributed by atoms with van der Waals surface area (Å²) in [6.45, 7) is 5.38. The van der Waals surface area contributed by atoms with Crippen LogP contribution >= 0.6 is 0 Å². The number of nitrogens with one attached hydrogen (secondary N) is 1. The number of urea groups is 1. The zero-order valence-corrected chi connectivity index (χ0v) is 11.3. The van der Waals surface area contributed by atoms with E-state index < -0.39 is 5.97 Å². The molecule has 1 atom stereocenters. The molecule has 0 aliphatic carbocycles. The fourth-order valence-electron chi connectivity index (χ4n) is 2.31. The summed E-state index contributed by atoms with van der Waals surface area (Å²) in [5.41, 5.74) is 0. The van der Waals surface area contributed by atoms with E-state index in [1.165, 1.54) is 0 Å². The summed E-state index contributed by atoms with van der Waals surface area (Å²) in [6, 6.07) is 0.222. The summed E-state index contributed by atoms with van der Waals surface area (Å²) in [4.78, 5) is 24.1. The fourth-order valence-corrected chi connectivity index (χ4v) is 2.31. The Hall–Kier alpha value is -1.26. The van der Waals surface area contributed by atoms with Crippen molar-refractivity contribution < 1.29 is 14.7 Å². The molecule has 2 amide bonds. The van der Waals surface area contributed by atoms with Gasteiger partial charge in [-0.05, 0) is 31.6 Å². The molecule has 1 unspecified atom stereocenters. The van der Waals surface area contributed by atoms with Gasteiger partial charge in [-0.25, -0.2) is 4.79 Å². The standard InChI is InChI=1S/C13H24N2O3/c1-10(2)5-6-11-4-3-9-15(11)13(18)14-8-7-12(16)17/h10-11H,3-9H2,1-2H3,(H,14,18)(H,16,17). The molecule has 1 saturated heterocycles. The first-order valence-corrected chi connectivity index (χ1v) is 6.77. The normalized spacial score (nSPS) is 19.3. The van der Waals surface area contributed by atoms with Crippen LogP contribution in [0.4, 0.5) is 4.79 Å². The SMILES string of the molecule is CC(C)CCC1CCCN1C(=O)NCCC(=O)O. The van der Waals surface area contributed by atoms with E-state index in [0.717, 1.165) is 32.2 Å². The molecule has 0 bridgehead atoms. The van der Waals surface area contributed by atoms with Gasteiger partial charge in [-0.1, -0.05) is 13.8 Å². The van der Waals surface area contributed by atoms with Gasteiger partial charge in [0.05, 0.1) is 6.42 Å². The lowest BCUT2D eigenvalue weighted by Crippen LogP contribution is -2.43. The van der Waals surface area contributed by atoms with Gasteiger partial charge in [0.1, 0.15) is 0 Å². The molecule has 1 fully saturated rings. The number of amides is 2. The van der Waals surface area contributed by atoms with Crippen molar-refractivity contribution in [1.82, 2.24) is 10.2 Å². The molecule has 5 nitrogen and oxygen atoms in total. The largest absolute Gasteiger partial charge is 0.481 e. The van der Waals surface area contributed by atoms with E-state index in [9.17, 15) is 9.59 Å². The number of carboxylic acid groups (broad SMARTS) is 1. The quantitative estimate of drug-likeness (QED) is 0.764. The average molecular weight is 256 g/mol. The second-order valence-electron chi connectivity index (χ2n) is 5.34. The van der Waals surface area contributed by atoms with Crippen LogP contribution in [0.15, 0.2) is 0 Å². The number of carboxylic acids is 1. The van der Waals surface area contributed by atoms with Crippen molar-refractivity contribution in [2.75, 3.05) is 13.1 Å². The lowest BCUT2D eigenvalue weighted by Gasteiger charge is -2.25. The van der Waals surface area contributed by atoms with Gasteiger partial charge < -0.3 is 15.3 Å². The van der Waals surface area contributed by atoms with E-state index in [2.05, 4.69) is 19.2 Å². The fraction of sp³-hybridized carbons (Fsp3) is 0.846. The Labute approximate surface area is 109 Å². The summed E-state index contributed by atoms with van der Waals surface area (Å²) < 4.78 is 0. The van der Waals surface area contributed by atoms with Gasteiger partial charge in [0.15, 0.2) is 0 Å². The summed E-state index contributed by atoms with van der Waals surface area (Å²) in [7, 11) is 0. The van der Waals surface area contributed by atoms with E-state index in [0.29, 0.717) is 12.0 Å². The van der Waals surface area contributed by atoms with E-state index in [1.54, 1.807) is 0 Å². The van der Waals surface area contributed by atoms with Crippen LogP contribution < -0.4 is 5.32 Å². The summed E-state index contributed by atoms with van der Waals surface area (Å²) in [5, 5.41) is 11.2. The monoisotopic (exact) mass is 256 g/mol. The van der Waals surface area contributed by atoms with E-state index in [1.807, 2.05) is 4.90 Å². The van der Waals surface area contributed by atoms with Crippen LogP contribution in [0.25, 0.3) is 0 Å². The number of aliphatic carboxylic acids is 1. The number of rotatable bonds is 6. The molecule has 0 saturated carbocycles. The summed E-state index contributed by atoms with van der Waals surface area (Å²) in [6.07, 6.45) is 4.28. The van der Waals surface area contributed by atoms with E-state index in [-0.39, 0.29) is 19.0 Å². The molecule has 1 heterocycles. The number of carbonyl (C=O) groups is 2. The third kappa shape index (κ3) is 4.94. The van der Waals surface area contributed by atoms with Gasteiger partial charge in [0, 0.05) is 19.1 Å². The Morgan fingerprint density at radius 1 is 1.44 bits per heavy atom. The molecular formula is C13H24N2O3. The van der Waals surface area contributed by atoms with Gasteiger partial charge in [-0.15, -0.1) is 0 Å². The van der Waals surface area contributed by atoms with Crippen molar-refractivity contribution >= 4 is 12.0 Å². The number of hydrogen-bond acceptors (Lipinski definition) is 2. The molecule has 2 N–H and O–H groups in total. The zero-order chi connectivity index (χ0) is 13.5. The van der Waals surface area contributed by atoms with Gasteiger partial charge in [0.25, 0.3) is 0 Å². The Morgan fingerprint density at radius 2 is 2.17 bits per heavy atom. The highest BCUT2D eigenvalue weighted by molar-refractivity contribution is 5.75. The molecule has 0 aromatic rings. The molecule has 0 aromatic heterocycles. The van der Waals surface area contributed by atoms with Gasteiger partial charge in [-0.2, -0.15) is 0 Å². The van der Waals surface area contributed by atoms with Crippen LogP contribution in [-0.2, 0) is 4.79 Å². The van der Waals surface area contributed by atoms with Gasteiger partial charge in [-0.3, -0.25) is 4.79 Å². The van der Waals surface area contributed by atoms with Crippen molar-refractivity contribution in [3.63, 3.8) is 0 Å². The predicted molar refractivity (Wildman–Crippen MR) is 69.5 cm³/mol. The smallest absolute Gasteiger partial charge is 0.317 e. The Balaban J connectivity index is 2.33. The highest BCUT2D eigenvalue weighted by Crippen LogP contribution is 2.22. The van der Waals surface area contributed by atoms with Crippen LogP contribution in [0, 0.1) is 5.92 Å². The number of carbonyl (C=O) groups excluding carboxylic acids is 1. The lowest BCUT2D eigenvalue weighted by atomic mass is 10.0. The van der Waals surface area contributed by atoms with Crippen LogP contribution in [0.1, 0.15) is 46.0 Å². The average Bonchev–Trinajstić information content (AvgIpc) is 2.73. The minimum absolute atomic E-state index is 0.0176. The maximum atomic E-state index is 11.9. The molecule has 0 aromatic carbocycles. The summed E-state index contributed by atoms with van der Waals surface area (Å²) in [5.74, 6) is -0.226. The van der Waals surface area contributed by atoms with Crippen LogP contribution in [-0.4, -0.2) is 41.1 Å². The molecule has 0 spiro atoms. The van der Waals surface area contributed by atoms with Gasteiger partial charge >= 0.3 is 12.0 Å². The highest BCUT2D eigenvalue weighted by Gasteiger charge is 2.28. The third-order valence-corrected chi connectivity index (χ3v) is 3.33. The molecule has 5 heteroatoms. The number of likely N-dealkylation sites (tertiary alicyclic amines) is 1. The Bertz CT molecular complexity index is 292. The highest BCUT2D eigenvalue weighted by atomic mass is 16.4. The third-order valence-electron chi connectivity index (χ3n) is 3.33. The first kappa shape index (κ1) is 14.8. The minimum atomic E-state index is -0.881. The zero-order valence-electron chi connectivity index (χ0n) is 11.3. The summed E-state index contributed by atoms with van der Waals surface area (Å²) >= 11 is 0. The predicted octanol–water partition coefficient (Wildman–Crippen LogP) is 2.07. The van der Waals surface area contributed by atoms with E-state index in [4.69, 9.17) is 5.11 Å². The van der Waals surface area contributed by atoms with E-state index >= 15 is 0 Å². The molecular weight excluding hydrogens is 232 g/mol. The molecule has 1 rings (SSSR count). The minimum Gasteiger partial charge on any atom is -0.481 e. The second kappa shape index (κ2) is 7.24. The van der Waals surface area contributed by atoms with Crippen molar-refractivity contribution in [3.8, 4) is 0 Å². The Morgan fingerprint density at radius 3 is 2.78 bits per heavy atom. The van der Waals surface area contributed by atoms with Crippen molar-refractivity contribution in [2.24, 2.45) is 5.92 Å². The molecule has 1 aliphatic heterocycles. The first-order valence-electron chi connectivity index (χ1n) is 6.77. The lowest BCUT2D eigenvalue weighted by molar-refractivity contribution is -0.136. The van der Waals surface area contributed by atoms with Crippen molar-refractivity contribution in [2.45, 2.75) is 52.0 Å². The number of nitrogens with zero attached hydrogens (tertiary/aromatic N) is 1. The Kier molecular flexibility index (Phi) is 5.95. The number of hydrogen-bond donors (Lipinski definition) is 2.